The Labute approximate surface area is 165 Å². The van der Waals surface area contributed by atoms with Gasteiger partial charge in [-0.1, -0.05) is 24.1 Å². The van der Waals surface area contributed by atoms with Gasteiger partial charge >= 0.3 is 0 Å². The van der Waals surface area contributed by atoms with Crippen molar-refractivity contribution in [2.75, 3.05) is 11.9 Å². The molecular weight excluding hydrogens is 384 g/mol. The summed E-state index contributed by atoms with van der Waals surface area (Å²) in [6, 6.07) is 11.3. The standard InChI is InChI=1S/C20H23ClN2O3S/c1-14-6-9-17(13-19(14)21)22-20(24)16-7-10-18(11-8-16)27(25,26)23-12-4-3-5-15(23)2/h6-11,13,15H,3-5,12H2,1-2H3,(H,22,24)/t15-/m1/s1. The van der Waals surface area contributed by atoms with Crippen molar-refractivity contribution in [1.29, 1.82) is 0 Å². The molecule has 0 bridgehead atoms. The van der Waals surface area contributed by atoms with Crippen molar-refractivity contribution in [1.82, 2.24) is 4.31 Å². The highest BCUT2D eigenvalue weighted by molar-refractivity contribution is 7.89. The average Bonchev–Trinajstić information content (AvgIpc) is 2.65. The molecule has 0 aromatic heterocycles. The number of carbonyl (C=O) groups excluding carboxylic acids is 1. The number of carbonyl (C=O) groups is 1. The zero-order valence-corrected chi connectivity index (χ0v) is 17.0. The highest BCUT2D eigenvalue weighted by Gasteiger charge is 2.30. The minimum absolute atomic E-state index is 0.00184. The van der Waals surface area contributed by atoms with Crippen LogP contribution in [0, 0.1) is 6.92 Å². The van der Waals surface area contributed by atoms with Gasteiger partial charge in [-0.15, -0.1) is 0 Å². The number of hydrogen-bond donors (Lipinski definition) is 1. The highest BCUT2D eigenvalue weighted by Crippen LogP contribution is 2.25. The van der Waals surface area contributed by atoms with Crippen LogP contribution in [0.4, 0.5) is 5.69 Å². The molecule has 0 saturated carbocycles. The van der Waals surface area contributed by atoms with Gasteiger partial charge < -0.3 is 5.32 Å². The molecule has 1 atom stereocenters. The zero-order valence-electron chi connectivity index (χ0n) is 15.4. The molecule has 2 aromatic rings. The van der Waals surface area contributed by atoms with Crippen LogP contribution < -0.4 is 5.32 Å². The molecule has 1 heterocycles. The summed E-state index contributed by atoms with van der Waals surface area (Å²) in [7, 11) is -3.54. The first-order chi connectivity index (χ1) is 12.8. The second-order valence-corrected chi connectivity index (χ2v) is 9.20. The molecule has 0 unspecified atom stereocenters. The van der Waals surface area contributed by atoms with Crippen molar-refractivity contribution in [3.8, 4) is 0 Å². The number of sulfonamides is 1. The van der Waals surface area contributed by atoms with Gasteiger partial charge in [0, 0.05) is 28.9 Å². The quantitative estimate of drug-likeness (QED) is 0.814. The number of anilines is 1. The molecule has 3 rings (SSSR count). The molecule has 2 aromatic carbocycles. The molecule has 0 aliphatic carbocycles. The lowest BCUT2D eigenvalue weighted by molar-refractivity contribution is 0.102. The third-order valence-electron chi connectivity index (χ3n) is 4.89. The first-order valence-corrected chi connectivity index (χ1v) is 10.8. The van der Waals surface area contributed by atoms with E-state index in [9.17, 15) is 13.2 Å². The first kappa shape index (κ1) is 19.9. The smallest absolute Gasteiger partial charge is 0.255 e. The number of rotatable bonds is 4. The summed E-state index contributed by atoms with van der Waals surface area (Å²) in [4.78, 5) is 12.6. The van der Waals surface area contributed by atoms with Crippen molar-refractivity contribution in [3.05, 3.63) is 58.6 Å². The molecule has 1 N–H and O–H groups in total. The van der Waals surface area contributed by atoms with E-state index in [2.05, 4.69) is 5.32 Å². The van der Waals surface area contributed by atoms with Crippen LogP contribution in [-0.4, -0.2) is 31.2 Å². The number of halogens is 1. The van der Waals surface area contributed by atoms with Gasteiger partial charge in [-0.3, -0.25) is 4.79 Å². The molecule has 1 saturated heterocycles. The predicted molar refractivity (Wildman–Crippen MR) is 108 cm³/mol. The number of nitrogens with zero attached hydrogens (tertiary/aromatic N) is 1. The maximum Gasteiger partial charge on any atom is 0.255 e. The maximum absolute atomic E-state index is 12.8. The molecule has 7 heteroatoms. The lowest BCUT2D eigenvalue weighted by Gasteiger charge is -2.32. The van der Waals surface area contributed by atoms with Gasteiger partial charge in [0.1, 0.15) is 0 Å². The first-order valence-electron chi connectivity index (χ1n) is 8.98. The molecule has 0 spiro atoms. The van der Waals surface area contributed by atoms with Crippen LogP contribution in [-0.2, 0) is 10.0 Å². The molecule has 1 amide bonds. The monoisotopic (exact) mass is 406 g/mol. The van der Waals surface area contributed by atoms with Crippen molar-refractivity contribution in [2.45, 2.75) is 44.0 Å². The largest absolute Gasteiger partial charge is 0.322 e. The van der Waals surface area contributed by atoms with E-state index in [1.165, 1.54) is 24.3 Å². The Morgan fingerprint density at radius 1 is 1.15 bits per heavy atom. The van der Waals surface area contributed by atoms with E-state index in [4.69, 9.17) is 11.6 Å². The number of hydrogen-bond acceptors (Lipinski definition) is 3. The Morgan fingerprint density at radius 3 is 2.48 bits per heavy atom. The SMILES string of the molecule is Cc1ccc(NC(=O)c2ccc(S(=O)(=O)N3CCCC[C@H]3C)cc2)cc1Cl. The molecule has 1 aliphatic rings. The van der Waals surface area contributed by atoms with Crippen molar-refractivity contribution >= 4 is 33.2 Å². The Morgan fingerprint density at radius 2 is 1.85 bits per heavy atom. The highest BCUT2D eigenvalue weighted by atomic mass is 35.5. The number of nitrogens with one attached hydrogen (secondary N) is 1. The van der Waals surface area contributed by atoms with E-state index in [1.807, 2.05) is 19.9 Å². The molecule has 144 valence electrons. The third kappa shape index (κ3) is 4.34. The van der Waals surface area contributed by atoms with Crippen LogP contribution in [0.3, 0.4) is 0 Å². The van der Waals surface area contributed by atoms with Gasteiger partial charge in [0.05, 0.1) is 4.90 Å². The van der Waals surface area contributed by atoms with Crippen molar-refractivity contribution in [2.24, 2.45) is 0 Å². The lowest BCUT2D eigenvalue weighted by atomic mass is 10.1. The van der Waals surface area contributed by atoms with Crippen LogP contribution in [0.5, 0.6) is 0 Å². The van der Waals surface area contributed by atoms with E-state index >= 15 is 0 Å². The topological polar surface area (TPSA) is 66.5 Å². The van der Waals surface area contributed by atoms with Crippen molar-refractivity contribution < 1.29 is 13.2 Å². The minimum atomic E-state index is -3.54. The molecule has 1 aliphatic heterocycles. The predicted octanol–water partition coefficient (Wildman–Crippen LogP) is 4.46. The Kier molecular flexibility index (Phi) is 5.89. The van der Waals surface area contributed by atoms with Gasteiger partial charge in [-0.05, 0) is 68.7 Å². The lowest BCUT2D eigenvalue weighted by Crippen LogP contribution is -2.41. The molecular formula is C20H23ClN2O3S. The Bertz CT molecular complexity index is 942. The van der Waals surface area contributed by atoms with E-state index in [0.29, 0.717) is 22.8 Å². The van der Waals surface area contributed by atoms with Crippen LogP contribution in [0.1, 0.15) is 42.1 Å². The second kappa shape index (κ2) is 8.00. The van der Waals surface area contributed by atoms with E-state index in [1.54, 1.807) is 16.4 Å². The summed E-state index contributed by atoms with van der Waals surface area (Å²) in [5, 5.41) is 3.35. The minimum Gasteiger partial charge on any atom is -0.322 e. The normalized spacial score (nSPS) is 18.3. The van der Waals surface area contributed by atoms with Crippen LogP contribution in [0.25, 0.3) is 0 Å². The van der Waals surface area contributed by atoms with Crippen LogP contribution in [0.2, 0.25) is 5.02 Å². The van der Waals surface area contributed by atoms with Gasteiger partial charge in [-0.25, -0.2) is 8.42 Å². The summed E-state index contributed by atoms with van der Waals surface area (Å²) in [6.07, 6.45) is 2.80. The fourth-order valence-electron chi connectivity index (χ4n) is 3.22. The number of amides is 1. The Hall–Kier alpha value is -1.89. The number of aryl methyl sites for hydroxylation is 1. The molecule has 27 heavy (non-hydrogen) atoms. The number of piperidine rings is 1. The molecule has 0 radical (unpaired) electrons. The van der Waals surface area contributed by atoms with Crippen LogP contribution in [0.15, 0.2) is 47.4 Å². The van der Waals surface area contributed by atoms with Gasteiger partial charge in [-0.2, -0.15) is 4.31 Å². The summed E-state index contributed by atoms with van der Waals surface area (Å²) >= 11 is 6.08. The van der Waals surface area contributed by atoms with Gasteiger partial charge in [0.25, 0.3) is 5.91 Å². The fraction of sp³-hybridized carbons (Fsp3) is 0.350. The summed E-state index contributed by atoms with van der Waals surface area (Å²) in [5.74, 6) is -0.315. The average molecular weight is 407 g/mol. The van der Waals surface area contributed by atoms with Gasteiger partial charge in [0.15, 0.2) is 0 Å². The van der Waals surface area contributed by atoms with E-state index < -0.39 is 10.0 Å². The van der Waals surface area contributed by atoms with Crippen LogP contribution >= 0.6 is 11.6 Å². The summed E-state index contributed by atoms with van der Waals surface area (Å²) < 4.78 is 27.3. The second-order valence-electron chi connectivity index (χ2n) is 6.90. The zero-order chi connectivity index (χ0) is 19.6. The molecule has 5 nitrogen and oxygen atoms in total. The summed E-state index contributed by atoms with van der Waals surface area (Å²) in [6.45, 7) is 4.36. The number of benzene rings is 2. The third-order valence-corrected chi connectivity index (χ3v) is 7.33. The fourth-order valence-corrected chi connectivity index (χ4v) is 5.10. The van der Waals surface area contributed by atoms with E-state index in [-0.39, 0.29) is 16.8 Å². The molecule has 1 fully saturated rings. The van der Waals surface area contributed by atoms with E-state index in [0.717, 1.165) is 24.8 Å². The van der Waals surface area contributed by atoms with Crippen molar-refractivity contribution in [3.63, 3.8) is 0 Å². The summed E-state index contributed by atoms with van der Waals surface area (Å²) in [5.41, 5.74) is 1.91. The maximum atomic E-state index is 12.8. The Balaban J connectivity index is 1.76. The van der Waals surface area contributed by atoms with Gasteiger partial charge in [0.2, 0.25) is 10.0 Å².